The summed E-state index contributed by atoms with van der Waals surface area (Å²) in [5.74, 6) is -1.64. The maximum Gasteiger partial charge on any atom is 0.192 e. The number of methoxy groups -OCH3 is 2. The van der Waals surface area contributed by atoms with Crippen LogP contribution < -0.4 is 0 Å². The fraction of sp³-hybridized carbons (Fsp3) is 0.895. The summed E-state index contributed by atoms with van der Waals surface area (Å²) in [6.07, 6.45) is 1.20. The Balaban J connectivity index is 1.78. The number of aliphatic hydroxyl groups is 2. The van der Waals surface area contributed by atoms with Crippen LogP contribution in [0.2, 0.25) is 36.3 Å². The molecule has 0 amide bonds. The summed E-state index contributed by atoms with van der Waals surface area (Å²) in [5.41, 5.74) is -2.47. The van der Waals surface area contributed by atoms with Crippen molar-refractivity contribution < 1.29 is 47.5 Å². The van der Waals surface area contributed by atoms with Crippen LogP contribution in [-0.4, -0.2) is 109 Å². The highest BCUT2D eigenvalue weighted by atomic mass is 28.4. The Morgan fingerprint density at radius 3 is 2.10 bits per heavy atom. The van der Waals surface area contributed by atoms with Crippen molar-refractivity contribution in [2.75, 3.05) is 34.2 Å². The van der Waals surface area contributed by atoms with E-state index in [0.29, 0.717) is 12.0 Å². The van der Waals surface area contributed by atoms with E-state index in [1.165, 1.54) is 0 Å². The first-order valence-electron chi connectivity index (χ1n) is 18.8. The zero-order valence-corrected chi connectivity index (χ0v) is 35.6. The van der Waals surface area contributed by atoms with Crippen molar-refractivity contribution >= 4 is 16.6 Å². The molecule has 4 fully saturated rings. The van der Waals surface area contributed by atoms with Crippen molar-refractivity contribution in [2.45, 2.75) is 160 Å². The van der Waals surface area contributed by atoms with E-state index >= 15 is 0 Å². The summed E-state index contributed by atoms with van der Waals surface area (Å²) < 4.78 is 50.9. The van der Waals surface area contributed by atoms with E-state index in [1.54, 1.807) is 14.2 Å². The summed E-state index contributed by atoms with van der Waals surface area (Å²) >= 11 is 0. The van der Waals surface area contributed by atoms with Crippen molar-refractivity contribution in [3.05, 3.63) is 24.3 Å². The van der Waals surface area contributed by atoms with Crippen LogP contribution >= 0.6 is 0 Å². The van der Waals surface area contributed by atoms with Gasteiger partial charge in [0.05, 0.1) is 42.0 Å². The molecular weight excluding hydrogens is 673 g/mol. The van der Waals surface area contributed by atoms with Gasteiger partial charge in [0, 0.05) is 38.4 Å². The van der Waals surface area contributed by atoms with Crippen LogP contribution in [0.3, 0.4) is 0 Å². The Morgan fingerprint density at radius 1 is 1.04 bits per heavy atom. The van der Waals surface area contributed by atoms with Gasteiger partial charge in [0.25, 0.3) is 0 Å². The molecule has 10 atom stereocenters. The number of ether oxygens (including phenoxy) is 6. The van der Waals surface area contributed by atoms with Gasteiger partial charge in [0.1, 0.15) is 19.0 Å². The third kappa shape index (κ3) is 7.20. The Hall–Kier alpha value is -0.486. The van der Waals surface area contributed by atoms with Crippen molar-refractivity contribution in [1.29, 1.82) is 0 Å². The Bertz CT molecular complexity index is 1200. The summed E-state index contributed by atoms with van der Waals surface area (Å²) in [6, 6.07) is 2.94. The second-order valence-corrected chi connectivity index (χ2v) is 27.1. The molecule has 4 aliphatic rings. The van der Waals surface area contributed by atoms with Crippen LogP contribution in [0.15, 0.2) is 24.3 Å². The highest BCUT2D eigenvalue weighted by molar-refractivity contribution is 6.74. The zero-order valence-electron chi connectivity index (χ0n) is 33.6. The molecule has 50 heavy (non-hydrogen) atoms. The Kier molecular flexibility index (Phi) is 12.7. The van der Waals surface area contributed by atoms with Crippen LogP contribution in [0.1, 0.15) is 75.7 Å². The predicted octanol–water partition coefficient (Wildman–Crippen LogP) is 6.78. The smallest absolute Gasteiger partial charge is 0.192 e. The van der Waals surface area contributed by atoms with Gasteiger partial charge >= 0.3 is 0 Å². The molecule has 0 aromatic carbocycles. The molecule has 0 aromatic rings. The summed E-state index contributed by atoms with van der Waals surface area (Å²) in [5, 5.41) is 25.4. The molecule has 12 heteroatoms. The quantitative estimate of drug-likeness (QED) is 0.106. The fourth-order valence-electron chi connectivity index (χ4n) is 9.20. The third-order valence-corrected chi connectivity index (χ3v) is 22.6. The van der Waals surface area contributed by atoms with Crippen LogP contribution in [0, 0.1) is 23.2 Å². The Morgan fingerprint density at radius 2 is 1.62 bits per heavy atom. The van der Waals surface area contributed by atoms with Crippen molar-refractivity contribution in [3.63, 3.8) is 0 Å². The van der Waals surface area contributed by atoms with E-state index in [4.69, 9.17) is 37.3 Å². The molecule has 2 saturated heterocycles. The predicted molar refractivity (Wildman–Crippen MR) is 200 cm³/mol. The molecule has 0 radical (unpaired) electrons. The maximum absolute atomic E-state index is 13.3. The molecule has 290 valence electrons. The van der Waals surface area contributed by atoms with Crippen molar-refractivity contribution in [1.82, 2.24) is 0 Å². The van der Waals surface area contributed by atoms with Gasteiger partial charge in [-0.2, -0.15) is 0 Å². The largest absolute Gasteiger partial charge is 0.411 e. The fourth-order valence-corrected chi connectivity index (χ4v) is 13.7. The lowest BCUT2D eigenvalue weighted by atomic mass is 9.42. The first-order valence-corrected chi connectivity index (χ1v) is 24.2. The Labute approximate surface area is 304 Å². The molecule has 10 nitrogen and oxygen atoms in total. The van der Waals surface area contributed by atoms with Crippen LogP contribution in [0.5, 0.6) is 0 Å². The minimum atomic E-state index is -2.32. The van der Waals surface area contributed by atoms with Crippen LogP contribution in [0.4, 0.5) is 0 Å². The topological polar surface area (TPSA) is 114 Å². The van der Waals surface area contributed by atoms with Crippen molar-refractivity contribution in [3.8, 4) is 0 Å². The van der Waals surface area contributed by atoms with Crippen molar-refractivity contribution in [2.24, 2.45) is 23.2 Å². The molecule has 0 aromatic heterocycles. The van der Waals surface area contributed by atoms with Gasteiger partial charge in [-0.1, -0.05) is 53.7 Å². The molecule has 2 N–H and O–H groups in total. The van der Waals surface area contributed by atoms with Gasteiger partial charge in [-0.25, -0.2) is 0 Å². The van der Waals surface area contributed by atoms with E-state index in [1.807, 2.05) is 32.9 Å². The normalized spacial score (nSPS) is 37.8. The number of fused-ring (bicyclic) bond motifs is 2. The molecule has 4 rings (SSSR count). The van der Waals surface area contributed by atoms with E-state index in [2.05, 4.69) is 68.1 Å². The first kappa shape index (κ1) is 42.3. The second kappa shape index (κ2) is 15.0. The molecule has 2 saturated carbocycles. The minimum absolute atomic E-state index is 0.0522. The lowest BCUT2D eigenvalue weighted by Gasteiger charge is -2.69. The van der Waals surface area contributed by atoms with E-state index < -0.39 is 63.6 Å². The average Bonchev–Trinajstić information content (AvgIpc) is 3.53. The van der Waals surface area contributed by atoms with Gasteiger partial charge < -0.3 is 47.5 Å². The van der Waals surface area contributed by atoms with Crippen LogP contribution in [0.25, 0.3) is 0 Å². The standard InChI is InChI=1S/C38H70O10Si2/c1-16-26-30(46-33(42-13)31(26)47-50(17-2,18-3)19-4)29(39)25(5)20-38(40)32-28(37(38)22-44-35(9,10)45-23-37)27(43-24-41-12)21-36(32,11)48-49(14,15)34(6,7)8/h16,20,26-33,39-40H,1,17-19,21-24H2,2-15H3/b25-20-/t26-,27+,28+,29-,30+,31-,32+,33-,36+,38+/m1/s1. The maximum atomic E-state index is 13.3. The number of aliphatic hydroxyl groups excluding tert-OH is 1. The first-order chi connectivity index (χ1) is 23.1. The third-order valence-electron chi connectivity index (χ3n) is 13.4. The van der Waals surface area contributed by atoms with Gasteiger partial charge in [-0.05, 0) is 69.5 Å². The molecule has 2 aliphatic carbocycles. The van der Waals surface area contributed by atoms with Gasteiger partial charge in [-0.15, -0.1) is 6.58 Å². The molecule has 2 aliphatic heterocycles. The monoisotopic (exact) mass is 742 g/mol. The molecular formula is C38H70O10Si2. The summed E-state index contributed by atoms with van der Waals surface area (Å²) in [4.78, 5) is 0. The molecule has 0 bridgehead atoms. The van der Waals surface area contributed by atoms with Crippen LogP contribution in [-0.2, 0) is 37.3 Å². The van der Waals surface area contributed by atoms with E-state index in [-0.39, 0.29) is 48.9 Å². The number of hydrogen-bond donors (Lipinski definition) is 2. The highest BCUT2D eigenvalue weighted by Crippen LogP contribution is 2.72. The average molecular weight is 743 g/mol. The lowest BCUT2D eigenvalue weighted by Crippen LogP contribution is -2.79. The van der Waals surface area contributed by atoms with Gasteiger partial charge in [0.2, 0.25) is 0 Å². The number of hydrogen-bond acceptors (Lipinski definition) is 10. The van der Waals surface area contributed by atoms with Gasteiger partial charge in [-0.3, -0.25) is 0 Å². The molecule has 0 unspecified atom stereocenters. The summed E-state index contributed by atoms with van der Waals surface area (Å²) in [7, 11) is -1.13. The van der Waals surface area contributed by atoms with Gasteiger partial charge in [0.15, 0.2) is 28.7 Å². The second-order valence-electron chi connectivity index (χ2n) is 17.6. The van der Waals surface area contributed by atoms with E-state index in [0.717, 1.165) is 18.1 Å². The molecule has 1 spiro atoms. The SMILES string of the molecule is C=C[C@H]1[C@@H](O[Si](CC)(CC)CC)[C@H](OC)O[C@@H]1[C@H](O)/C(C)=C\[C@]1(O)[C@H]2[C@H]([C@@H](OCOC)C[C@]2(C)O[Si](C)(C)C(C)(C)C)C12COC(C)(C)OC2. The molecule has 2 heterocycles. The number of rotatable bonds is 15. The summed E-state index contributed by atoms with van der Waals surface area (Å²) in [6.45, 7) is 30.3. The lowest BCUT2D eigenvalue weighted by molar-refractivity contribution is -0.379. The van der Waals surface area contributed by atoms with E-state index in [9.17, 15) is 10.2 Å². The zero-order chi connectivity index (χ0) is 37.7. The minimum Gasteiger partial charge on any atom is -0.411 e. The highest BCUT2D eigenvalue weighted by Gasteiger charge is 2.81.